The molecule has 10 nitrogen and oxygen atoms in total. The Hall–Kier alpha value is -4.70. The minimum Gasteiger partial charge on any atom is -0.383 e. The van der Waals surface area contributed by atoms with Crippen LogP contribution in [0.5, 0.6) is 0 Å². The van der Waals surface area contributed by atoms with Crippen molar-refractivity contribution in [1.29, 1.82) is 0 Å². The van der Waals surface area contributed by atoms with Crippen LogP contribution in [0.15, 0.2) is 95.7 Å². The number of nitrogens with zero attached hydrogens (tertiary/aromatic N) is 6. The lowest BCUT2D eigenvalue weighted by Crippen LogP contribution is -2.15. The Kier molecular flexibility index (Phi) is 8.23. The van der Waals surface area contributed by atoms with Gasteiger partial charge in [0.15, 0.2) is 0 Å². The van der Waals surface area contributed by atoms with Crippen LogP contribution in [0, 0.1) is 0 Å². The molecule has 0 saturated carbocycles. The van der Waals surface area contributed by atoms with Gasteiger partial charge in [-0.25, -0.2) is 9.97 Å². The van der Waals surface area contributed by atoms with E-state index in [1.165, 1.54) is 0 Å². The lowest BCUT2D eigenvalue weighted by atomic mass is 10.2. The quantitative estimate of drug-likeness (QED) is 0.238. The topological polar surface area (TPSA) is 117 Å². The molecule has 4 aromatic rings. The summed E-state index contributed by atoms with van der Waals surface area (Å²) >= 11 is 0. The van der Waals surface area contributed by atoms with Gasteiger partial charge in [-0.05, 0) is 60.7 Å². The summed E-state index contributed by atoms with van der Waals surface area (Å²) in [5.41, 5.74) is 4.19. The fourth-order valence-corrected chi connectivity index (χ4v) is 3.18. The highest BCUT2D eigenvalue weighted by molar-refractivity contribution is 6.04. The van der Waals surface area contributed by atoms with Crippen LogP contribution in [0.3, 0.4) is 0 Å². The van der Waals surface area contributed by atoms with E-state index in [1.54, 1.807) is 55.0 Å². The van der Waals surface area contributed by atoms with Crippen LogP contribution in [-0.2, 0) is 4.74 Å². The van der Waals surface area contributed by atoms with Crippen LogP contribution in [0.25, 0.3) is 11.3 Å². The molecular weight excluding hydrogens is 456 g/mol. The summed E-state index contributed by atoms with van der Waals surface area (Å²) in [6.07, 6.45) is 5.15. The molecule has 0 radical (unpaired) electrons. The molecule has 0 fully saturated rings. The van der Waals surface area contributed by atoms with Crippen molar-refractivity contribution in [2.75, 3.05) is 37.9 Å². The van der Waals surface area contributed by atoms with Crippen LogP contribution < -0.4 is 10.6 Å². The predicted molar refractivity (Wildman–Crippen MR) is 138 cm³/mol. The van der Waals surface area contributed by atoms with Crippen molar-refractivity contribution in [2.45, 2.75) is 0 Å². The summed E-state index contributed by atoms with van der Waals surface area (Å²) in [5.74, 6) is 0.208. The molecule has 0 aliphatic rings. The summed E-state index contributed by atoms with van der Waals surface area (Å²) in [4.78, 5) is 25.7. The van der Waals surface area contributed by atoms with E-state index in [1.807, 2.05) is 49.5 Å². The molecule has 2 N–H and O–H groups in total. The monoisotopic (exact) mass is 482 g/mol. The Labute approximate surface area is 209 Å². The number of anilines is 3. The fraction of sp³-hybridized carbons (Fsp3) is 0.154. The third-order valence-corrected chi connectivity index (χ3v) is 5.05. The van der Waals surface area contributed by atoms with Crippen molar-refractivity contribution in [3.8, 4) is 11.3 Å². The molecule has 0 saturated heterocycles. The smallest absolute Gasteiger partial charge is 0.255 e. The van der Waals surface area contributed by atoms with Gasteiger partial charge in [0.1, 0.15) is 0 Å². The molecule has 2 aromatic carbocycles. The molecule has 2 aromatic heterocycles. The number of nitrogens with one attached hydrogen (secondary N) is 2. The molecule has 4 rings (SSSR count). The molecule has 10 heteroatoms. The fourth-order valence-electron chi connectivity index (χ4n) is 3.18. The largest absolute Gasteiger partial charge is 0.383 e. The van der Waals surface area contributed by atoms with E-state index in [2.05, 4.69) is 35.9 Å². The maximum atomic E-state index is 12.7. The first-order valence-electron chi connectivity index (χ1n) is 11.2. The summed E-state index contributed by atoms with van der Waals surface area (Å²) in [7, 11) is 3.45. The van der Waals surface area contributed by atoms with Crippen molar-refractivity contribution < 1.29 is 9.53 Å². The number of carbonyl (C=O) groups excluding carboxylic acids is 1. The first kappa shape index (κ1) is 24.4. The zero-order valence-electron chi connectivity index (χ0n) is 20.0. The lowest BCUT2D eigenvalue weighted by molar-refractivity contribution is 0.102. The number of methoxy groups -OCH3 is 1. The van der Waals surface area contributed by atoms with Crippen molar-refractivity contribution in [2.24, 2.45) is 10.3 Å². The van der Waals surface area contributed by atoms with E-state index in [0.29, 0.717) is 36.0 Å². The van der Waals surface area contributed by atoms with Gasteiger partial charge in [-0.3, -0.25) is 14.8 Å². The average molecular weight is 483 g/mol. The molecule has 0 aliphatic carbocycles. The normalized spacial score (nSPS) is 10.8. The number of carbonyl (C=O) groups is 1. The summed E-state index contributed by atoms with van der Waals surface area (Å²) < 4.78 is 5.01. The molecule has 36 heavy (non-hydrogen) atoms. The van der Waals surface area contributed by atoms with Gasteiger partial charge >= 0.3 is 0 Å². The van der Waals surface area contributed by atoms with Gasteiger partial charge < -0.3 is 15.4 Å². The molecule has 2 heterocycles. The maximum Gasteiger partial charge on any atom is 0.255 e. The first-order chi connectivity index (χ1) is 17.6. The predicted octanol–water partition coefficient (Wildman–Crippen LogP) is 5.11. The van der Waals surface area contributed by atoms with Crippen LogP contribution in [0.4, 0.5) is 23.0 Å². The van der Waals surface area contributed by atoms with Gasteiger partial charge in [-0.2, -0.15) is 0 Å². The maximum absolute atomic E-state index is 12.7. The molecule has 0 unspecified atom stereocenters. The van der Waals surface area contributed by atoms with Crippen LogP contribution in [0.1, 0.15) is 10.4 Å². The zero-order chi connectivity index (χ0) is 25.2. The van der Waals surface area contributed by atoms with Gasteiger partial charge in [-0.1, -0.05) is 11.3 Å². The highest BCUT2D eigenvalue weighted by Gasteiger charge is 2.08. The van der Waals surface area contributed by atoms with Crippen molar-refractivity contribution in [1.82, 2.24) is 20.0 Å². The van der Waals surface area contributed by atoms with Crippen LogP contribution >= 0.6 is 0 Å². The second-order valence-electron chi connectivity index (χ2n) is 7.78. The summed E-state index contributed by atoms with van der Waals surface area (Å²) in [6.45, 7) is 1.20. The third kappa shape index (κ3) is 6.90. The minimum atomic E-state index is -0.234. The number of aromatic nitrogens is 3. The van der Waals surface area contributed by atoms with Gasteiger partial charge in [0, 0.05) is 55.2 Å². The first-order valence-corrected chi connectivity index (χ1v) is 11.2. The van der Waals surface area contributed by atoms with Gasteiger partial charge in [0.05, 0.1) is 24.5 Å². The number of benzene rings is 2. The van der Waals surface area contributed by atoms with E-state index >= 15 is 0 Å². The zero-order valence-corrected chi connectivity index (χ0v) is 20.0. The standard InChI is InChI=1S/C26H26N8O2/c1-34(15-16-36-2)33-32-21-10-8-19(9-11-21)25(35)29-22-6-3-7-23(17-22)30-26-28-14-12-24(31-26)20-5-4-13-27-18-20/h3-14,17-18H,15-16H2,1-2H3,(H,29,35)(H,28,30,31). The SMILES string of the molecule is COCCN(C)N=Nc1ccc(C(=O)Nc2cccc(Nc3nccc(-c4cccnc4)n3)c2)cc1. The van der Waals surface area contributed by atoms with Crippen molar-refractivity contribution in [3.05, 3.63) is 90.9 Å². The number of rotatable bonds is 10. The Morgan fingerprint density at radius 2 is 1.86 bits per heavy atom. The summed E-state index contributed by atoms with van der Waals surface area (Å²) in [5, 5.41) is 16.0. The Bertz CT molecular complexity index is 1310. The van der Waals surface area contributed by atoms with E-state index < -0.39 is 0 Å². The highest BCUT2D eigenvalue weighted by Crippen LogP contribution is 2.22. The van der Waals surface area contributed by atoms with E-state index in [9.17, 15) is 4.79 Å². The molecule has 0 bridgehead atoms. The molecule has 0 atom stereocenters. The number of ether oxygens (including phenoxy) is 1. The number of amides is 1. The van der Waals surface area contributed by atoms with E-state index in [4.69, 9.17) is 4.74 Å². The van der Waals surface area contributed by atoms with Crippen LogP contribution in [0.2, 0.25) is 0 Å². The lowest BCUT2D eigenvalue weighted by Gasteiger charge is -2.10. The average Bonchev–Trinajstić information content (AvgIpc) is 2.92. The van der Waals surface area contributed by atoms with Crippen LogP contribution in [-0.4, -0.2) is 53.2 Å². The van der Waals surface area contributed by atoms with E-state index in [0.717, 1.165) is 16.9 Å². The molecule has 0 aliphatic heterocycles. The van der Waals surface area contributed by atoms with Gasteiger partial charge in [-0.15, -0.1) is 5.11 Å². The molecule has 182 valence electrons. The molecule has 0 spiro atoms. The Morgan fingerprint density at radius 3 is 2.64 bits per heavy atom. The second-order valence-corrected chi connectivity index (χ2v) is 7.78. The highest BCUT2D eigenvalue weighted by atomic mass is 16.5. The minimum absolute atomic E-state index is 0.234. The number of hydrogen-bond donors (Lipinski definition) is 2. The Balaban J connectivity index is 1.38. The van der Waals surface area contributed by atoms with Gasteiger partial charge in [0.25, 0.3) is 5.91 Å². The number of likely N-dealkylation sites (N-methyl/N-ethyl adjacent to an activating group) is 1. The van der Waals surface area contributed by atoms with E-state index in [-0.39, 0.29) is 5.91 Å². The molecule has 1 amide bonds. The summed E-state index contributed by atoms with van der Waals surface area (Å²) in [6, 6.07) is 19.9. The van der Waals surface area contributed by atoms with Gasteiger partial charge in [0.2, 0.25) is 5.95 Å². The number of hydrogen-bond acceptors (Lipinski definition) is 8. The molecular formula is C26H26N8O2. The van der Waals surface area contributed by atoms with Crippen molar-refractivity contribution >= 4 is 28.9 Å². The number of pyridine rings is 1. The second kappa shape index (κ2) is 12.1. The Morgan fingerprint density at radius 1 is 1.03 bits per heavy atom. The van der Waals surface area contributed by atoms with Crippen molar-refractivity contribution in [3.63, 3.8) is 0 Å². The third-order valence-electron chi connectivity index (χ3n) is 5.05.